The van der Waals surface area contributed by atoms with Gasteiger partial charge in [-0.1, -0.05) is 11.6 Å². The molecule has 0 aromatic heterocycles. The van der Waals surface area contributed by atoms with E-state index < -0.39 is 0 Å². The van der Waals surface area contributed by atoms with E-state index in [4.69, 9.17) is 16.3 Å². The summed E-state index contributed by atoms with van der Waals surface area (Å²) in [6.07, 6.45) is 0. The van der Waals surface area contributed by atoms with Crippen LogP contribution in [0.5, 0.6) is 5.75 Å². The molecule has 1 unspecified atom stereocenters. The summed E-state index contributed by atoms with van der Waals surface area (Å²) in [4.78, 5) is 0. The summed E-state index contributed by atoms with van der Waals surface area (Å²) in [5.74, 6) is 3.22. The number of nitrogens with one attached hydrogen (secondary N) is 1. The van der Waals surface area contributed by atoms with Crippen LogP contribution in [0.15, 0.2) is 24.3 Å². The highest BCUT2D eigenvalue weighted by Crippen LogP contribution is 2.16. The van der Waals surface area contributed by atoms with Crippen molar-refractivity contribution in [2.45, 2.75) is 6.04 Å². The van der Waals surface area contributed by atoms with Crippen molar-refractivity contribution in [3.8, 4) is 5.75 Å². The number of benzene rings is 1. The number of thioether (sulfide) groups is 1. The summed E-state index contributed by atoms with van der Waals surface area (Å²) < 4.78 is 5.67. The van der Waals surface area contributed by atoms with Crippen molar-refractivity contribution in [1.29, 1.82) is 0 Å². The fraction of sp³-hybridized carbons (Fsp3) is 0.455. The largest absolute Gasteiger partial charge is 0.492 e. The highest BCUT2D eigenvalue weighted by Gasteiger charge is 2.12. The van der Waals surface area contributed by atoms with Gasteiger partial charge in [-0.05, 0) is 24.3 Å². The molecule has 4 heteroatoms. The van der Waals surface area contributed by atoms with Crippen LogP contribution in [0.2, 0.25) is 5.02 Å². The first-order valence-electron chi connectivity index (χ1n) is 5.04. The third-order valence-electron chi connectivity index (χ3n) is 2.26. The lowest BCUT2D eigenvalue weighted by Crippen LogP contribution is -2.41. The zero-order chi connectivity index (χ0) is 10.5. The zero-order valence-electron chi connectivity index (χ0n) is 8.41. The van der Waals surface area contributed by atoms with Gasteiger partial charge >= 0.3 is 0 Å². The van der Waals surface area contributed by atoms with Crippen molar-refractivity contribution in [1.82, 2.24) is 5.32 Å². The fourth-order valence-corrected chi connectivity index (χ4v) is 2.51. The Kier molecular flexibility index (Phi) is 4.18. The van der Waals surface area contributed by atoms with E-state index in [1.54, 1.807) is 0 Å². The number of ether oxygens (including phenoxy) is 1. The van der Waals surface area contributed by atoms with Gasteiger partial charge in [0.25, 0.3) is 0 Å². The molecule has 1 aliphatic rings. The van der Waals surface area contributed by atoms with Crippen LogP contribution in [0.1, 0.15) is 0 Å². The molecule has 0 radical (unpaired) electrons. The molecule has 1 N–H and O–H groups in total. The minimum absolute atomic E-state index is 0.472. The molecule has 82 valence electrons. The van der Waals surface area contributed by atoms with Crippen molar-refractivity contribution < 1.29 is 4.74 Å². The Morgan fingerprint density at radius 3 is 2.87 bits per heavy atom. The summed E-state index contributed by atoms with van der Waals surface area (Å²) in [5.41, 5.74) is 0. The van der Waals surface area contributed by atoms with Crippen molar-refractivity contribution in [3.05, 3.63) is 29.3 Å². The standard InChI is InChI=1S/C11H14ClNOS/c12-9-1-3-11(4-2-9)14-7-10-8-15-6-5-13-10/h1-4,10,13H,5-8H2. The Balaban J connectivity index is 1.79. The first-order valence-corrected chi connectivity index (χ1v) is 6.57. The van der Waals surface area contributed by atoms with Crippen molar-refractivity contribution in [3.63, 3.8) is 0 Å². The normalized spacial score (nSPS) is 21.3. The van der Waals surface area contributed by atoms with E-state index in [1.807, 2.05) is 36.0 Å². The van der Waals surface area contributed by atoms with E-state index in [2.05, 4.69) is 5.32 Å². The molecule has 0 spiro atoms. The molecule has 1 saturated heterocycles. The predicted molar refractivity (Wildman–Crippen MR) is 66.1 cm³/mol. The molecule has 15 heavy (non-hydrogen) atoms. The zero-order valence-corrected chi connectivity index (χ0v) is 9.98. The smallest absolute Gasteiger partial charge is 0.119 e. The monoisotopic (exact) mass is 243 g/mol. The number of rotatable bonds is 3. The lowest BCUT2D eigenvalue weighted by molar-refractivity contribution is 0.276. The van der Waals surface area contributed by atoms with Crippen molar-refractivity contribution >= 4 is 23.4 Å². The minimum atomic E-state index is 0.472. The van der Waals surface area contributed by atoms with Crippen molar-refractivity contribution in [2.24, 2.45) is 0 Å². The molecular formula is C11H14ClNOS. The second kappa shape index (κ2) is 5.64. The Morgan fingerprint density at radius 2 is 2.20 bits per heavy atom. The van der Waals surface area contributed by atoms with E-state index in [9.17, 15) is 0 Å². The highest BCUT2D eigenvalue weighted by molar-refractivity contribution is 7.99. The Bertz CT molecular complexity index is 298. The van der Waals surface area contributed by atoms with Crippen LogP contribution in [0.3, 0.4) is 0 Å². The second-order valence-electron chi connectivity index (χ2n) is 3.49. The highest BCUT2D eigenvalue weighted by atomic mass is 35.5. The molecule has 1 fully saturated rings. The molecule has 1 aromatic rings. The van der Waals surface area contributed by atoms with E-state index in [1.165, 1.54) is 5.75 Å². The summed E-state index contributed by atoms with van der Waals surface area (Å²) in [6, 6.07) is 7.97. The molecule has 0 saturated carbocycles. The van der Waals surface area contributed by atoms with Crippen LogP contribution in [0.25, 0.3) is 0 Å². The molecule has 1 heterocycles. The summed E-state index contributed by atoms with van der Waals surface area (Å²) in [7, 11) is 0. The first kappa shape index (κ1) is 11.1. The first-order chi connectivity index (χ1) is 7.34. The summed E-state index contributed by atoms with van der Waals surface area (Å²) >= 11 is 7.77. The van der Waals surface area contributed by atoms with Gasteiger partial charge < -0.3 is 10.1 Å². The van der Waals surface area contributed by atoms with Crippen LogP contribution < -0.4 is 10.1 Å². The van der Waals surface area contributed by atoms with Gasteiger partial charge in [-0.2, -0.15) is 11.8 Å². The van der Waals surface area contributed by atoms with Crippen molar-refractivity contribution in [2.75, 3.05) is 24.7 Å². The maximum atomic E-state index is 5.79. The Labute approximate surface area is 99.3 Å². The lowest BCUT2D eigenvalue weighted by Gasteiger charge is -2.23. The number of hydrogen-bond donors (Lipinski definition) is 1. The summed E-state index contributed by atoms with van der Waals surface area (Å²) in [6.45, 7) is 1.81. The van der Waals surface area contributed by atoms with E-state index in [-0.39, 0.29) is 0 Å². The number of hydrogen-bond acceptors (Lipinski definition) is 3. The quantitative estimate of drug-likeness (QED) is 0.881. The average Bonchev–Trinajstić information content (AvgIpc) is 2.30. The topological polar surface area (TPSA) is 21.3 Å². The Morgan fingerprint density at radius 1 is 1.40 bits per heavy atom. The van der Waals surface area contributed by atoms with Gasteiger partial charge in [0, 0.05) is 23.1 Å². The van der Waals surface area contributed by atoms with E-state index in [0.29, 0.717) is 6.04 Å². The van der Waals surface area contributed by atoms with Gasteiger partial charge in [-0.15, -0.1) is 0 Å². The average molecular weight is 244 g/mol. The third kappa shape index (κ3) is 3.59. The molecule has 0 aliphatic carbocycles. The molecule has 0 amide bonds. The second-order valence-corrected chi connectivity index (χ2v) is 5.08. The SMILES string of the molecule is Clc1ccc(OCC2CSCCN2)cc1. The Hall–Kier alpha value is -0.380. The summed E-state index contributed by atoms with van der Waals surface area (Å²) in [5, 5.41) is 4.17. The fourth-order valence-electron chi connectivity index (χ4n) is 1.45. The van der Waals surface area contributed by atoms with Gasteiger partial charge in [-0.3, -0.25) is 0 Å². The van der Waals surface area contributed by atoms with Crippen LogP contribution in [-0.4, -0.2) is 30.7 Å². The lowest BCUT2D eigenvalue weighted by atomic mass is 10.3. The molecule has 2 rings (SSSR count). The van der Waals surface area contributed by atoms with Gasteiger partial charge in [0.15, 0.2) is 0 Å². The van der Waals surface area contributed by atoms with Crippen LogP contribution in [0.4, 0.5) is 0 Å². The minimum Gasteiger partial charge on any atom is -0.492 e. The van der Waals surface area contributed by atoms with Gasteiger partial charge in [0.2, 0.25) is 0 Å². The van der Waals surface area contributed by atoms with Crippen LogP contribution >= 0.6 is 23.4 Å². The van der Waals surface area contributed by atoms with Crippen LogP contribution in [-0.2, 0) is 0 Å². The molecule has 1 aromatic carbocycles. The molecule has 1 aliphatic heterocycles. The third-order valence-corrected chi connectivity index (χ3v) is 3.65. The predicted octanol–water partition coefficient (Wildman–Crippen LogP) is 2.42. The molecule has 2 nitrogen and oxygen atoms in total. The van der Waals surface area contributed by atoms with Gasteiger partial charge in [-0.25, -0.2) is 0 Å². The maximum absolute atomic E-state index is 5.79. The maximum Gasteiger partial charge on any atom is 0.119 e. The van der Waals surface area contributed by atoms with Gasteiger partial charge in [0.1, 0.15) is 12.4 Å². The van der Waals surface area contributed by atoms with Crippen LogP contribution in [0, 0.1) is 0 Å². The molecule has 0 bridgehead atoms. The molecular weight excluding hydrogens is 230 g/mol. The van der Waals surface area contributed by atoms with E-state index >= 15 is 0 Å². The van der Waals surface area contributed by atoms with E-state index in [0.717, 1.165) is 29.7 Å². The molecule has 1 atom stereocenters. The van der Waals surface area contributed by atoms with Gasteiger partial charge in [0.05, 0.1) is 6.04 Å². The number of halogens is 1.